The van der Waals surface area contributed by atoms with E-state index in [1.165, 1.54) is 0 Å². The topological polar surface area (TPSA) is 18.5 Å². The molecule has 0 fully saturated rings. The SMILES string of the molecule is CCOC(C)OCCC[Si]. The molecule has 3 radical (unpaired) electrons. The van der Waals surface area contributed by atoms with E-state index in [0.717, 1.165) is 25.7 Å². The quantitative estimate of drug-likeness (QED) is 0.331. The summed E-state index contributed by atoms with van der Waals surface area (Å²) in [5.74, 6) is 0. The molecule has 0 amide bonds. The lowest BCUT2D eigenvalue weighted by molar-refractivity contribution is -0.126. The molecule has 0 bridgehead atoms. The minimum Gasteiger partial charge on any atom is -0.353 e. The molecular weight excluding hydrogens is 144 g/mol. The lowest BCUT2D eigenvalue weighted by atomic mass is 10.5. The van der Waals surface area contributed by atoms with Gasteiger partial charge in [0.2, 0.25) is 0 Å². The van der Waals surface area contributed by atoms with Gasteiger partial charge in [-0.05, 0) is 20.3 Å². The molecule has 0 aliphatic rings. The van der Waals surface area contributed by atoms with Gasteiger partial charge >= 0.3 is 0 Å². The fraction of sp³-hybridized carbons (Fsp3) is 1.00. The monoisotopic (exact) mass is 159 g/mol. The van der Waals surface area contributed by atoms with Crippen molar-refractivity contribution in [2.75, 3.05) is 13.2 Å². The van der Waals surface area contributed by atoms with E-state index in [-0.39, 0.29) is 6.29 Å². The standard InChI is InChI=1S/C7H15O2Si/c1-3-8-7(2)9-5-4-6-10/h7H,3-6H2,1-2H3. The second-order valence-corrected chi connectivity index (χ2v) is 2.50. The summed E-state index contributed by atoms with van der Waals surface area (Å²) in [7, 11) is 3.36. The van der Waals surface area contributed by atoms with E-state index in [1.54, 1.807) is 0 Å². The molecule has 0 N–H and O–H groups in total. The minimum absolute atomic E-state index is 0.0526. The largest absolute Gasteiger partial charge is 0.353 e. The molecule has 1 unspecified atom stereocenters. The van der Waals surface area contributed by atoms with Gasteiger partial charge in [-0.15, -0.1) is 0 Å². The second kappa shape index (κ2) is 7.25. The van der Waals surface area contributed by atoms with Crippen molar-refractivity contribution in [3.8, 4) is 0 Å². The predicted molar refractivity (Wildman–Crippen MR) is 42.2 cm³/mol. The van der Waals surface area contributed by atoms with Gasteiger partial charge in [-0.25, -0.2) is 0 Å². The molecule has 3 heteroatoms. The maximum atomic E-state index is 5.27. The van der Waals surface area contributed by atoms with Crippen LogP contribution < -0.4 is 0 Å². The van der Waals surface area contributed by atoms with E-state index in [4.69, 9.17) is 9.47 Å². The Morgan fingerprint density at radius 2 is 2.10 bits per heavy atom. The normalized spacial score (nSPS) is 13.5. The van der Waals surface area contributed by atoms with E-state index < -0.39 is 0 Å². The fourth-order valence-corrected chi connectivity index (χ4v) is 0.749. The molecule has 2 nitrogen and oxygen atoms in total. The van der Waals surface area contributed by atoms with Gasteiger partial charge in [-0.2, -0.15) is 0 Å². The van der Waals surface area contributed by atoms with Crippen LogP contribution in [0.4, 0.5) is 0 Å². The van der Waals surface area contributed by atoms with Gasteiger partial charge < -0.3 is 9.47 Å². The zero-order valence-corrected chi connectivity index (χ0v) is 7.72. The molecular formula is C7H15O2Si. The number of hydrogen-bond donors (Lipinski definition) is 0. The van der Waals surface area contributed by atoms with Crippen molar-refractivity contribution in [1.29, 1.82) is 0 Å². The highest BCUT2D eigenvalue weighted by atomic mass is 28.1. The summed E-state index contributed by atoms with van der Waals surface area (Å²) in [5, 5.41) is 0. The first-order valence-electron chi connectivity index (χ1n) is 3.69. The lowest BCUT2D eigenvalue weighted by Crippen LogP contribution is -2.13. The van der Waals surface area contributed by atoms with E-state index in [0.29, 0.717) is 0 Å². The predicted octanol–water partition coefficient (Wildman–Crippen LogP) is 1.36. The third kappa shape index (κ3) is 6.26. The first kappa shape index (κ1) is 10.1. The van der Waals surface area contributed by atoms with Crippen molar-refractivity contribution in [3.05, 3.63) is 0 Å². The Morgan fingerprint density at radius 1 is 1.40 bits per heavy atom. The van der Waals surface area contributed by atoms with Gasteiger partial charge in [0.15, 0.2) is 6.29 Å². The Hall–Kier alpha value is 0.137. The van der Waals surface area contributed by atoms with Crippen molar-refractivity contribution in [1.82, 2.24) is 0 Å². The fourth-order valence-electron chi connectivity index (χ4n) is 0.604. The van der Waals surface area contributed by atoms with Crippen LogP contribution in [-0.4, -0.2) is 29.7 Å². The molecule has 0 aromatic heterocycles. The van der Waals surface area contributed by atoms with Crippen LogP contribution in [-0.2, 0) is 9.47 Å². The number of rotatable bonds is 6. The van der Waals surface area contributed by atoms with Crippen LogP contribution in [0.5, 0.6) is 0 Å². The third-order valence-electron chi connectivity index (χ3n) is 1.08. The van der Waals surface area contributed by atoms with E-state index in [1.807, 2.05) is 13.8 Å². The minimum atomic E-state index is -0.0526. The molecule has 10 heavy (non-hydrogen) atoms. The molecule has 0 rings (SSSR count). The van der Waals surface area contributed by atoms with Crippen molar-refractivity contribution >= 4 is 10.2 Å². The van der Waals surface area contributed by atoms with Crippen molar-refractivity contribution in [3.63, 3.8) is 0 Å². The second-order valence-electron chi connectivity index (χ2n) is 2.00. The van der Waals surface area contributed by atoms with Crippen LogP contribution in [0.1, 0.15) is 20.3 Å². The molecule has 0 spiro atoms. The average molecular weight is 159 g/mol. The Bertz CT molecular complexity index is 68.6. The maximum Gasteiger partial charge on any atom is 0.154 e. The molecule has 0 aliphatic carbocycles. The summed E-state index contributed by atoms with van der Waals surface area (Å²) in [6.07, 6.45) is 0.983. The molecule has 59 valence electrons. The third-order valence-corrected chi connectivity index (χ3v) is 1.43. The summed E-state index contributed by atoms with van der Waals surface area (Å²) in [6.45, 7) is 5.36. The summed E-state index contributed by atoms with van der Waals surface area (Å²) in [4.78, 5) is 0. The van der Waals surface area contributed by atoms with E-state index in [9.17, 15) is 0 Å². The van der Waals surface area contributed by atoms with E-state index >= 15 is 0 Å². The van der Waals surface area contributed by atoms with Crippen LogP contribution in [0.2, 0.25) is 6.04 Å². The molecule has 0 saturated heterocycles. The number of hydrogen-bond acceptors (Lipinski definition) is 2. The average Bonchev–Trinajstić information content (AvgIpc) is 1.89. The van der Waals surface area contributed by atoms with Gasteiger partial charge in [-0.1, -0.05) is 6.04 Å². The van der Waals surface area contributed by atoms with E-state index in [2.05, 4.69) is 10.2 Å². The van der Waals surface area contributed by atoms with Crippen LogP contribution in [0, 0.1) is 0 Å². The first-order chi connectivity index (χ1) is 4.81. The van der Waals surface area contributed by atoms with Crippen LogP contribution >= 0.6 is 0 Å². The van der Waals surface area contributed by atoms with Crippen LogP contribution in [0.15, 0.2) is 0 Å². The van der Waals surface area contributed by atoms with Gasteiger partial charge in [0, 0.05) is 23.5 Å². The van der Waals surface area contributed by atoms with Gasteiger partial charge in [0.1, 0.15) is 0 Å². The zero-order valence-electron chi connectivity index (χ0n) is 6.72. The molecule has 0 aliphatic heterocycles. The summed E-state index contributed by atoms with van der Waals surface area (Å²) in [6, 6.07) is 0.985. The molecule has 0 aromatic carbocycles. The summed E-state index contributed by atoms with van der Waals surface area (Å²) >= 11 is 0. The van der Waals surface area contributed by atoms with Crippen LogP contribution in [0.3, 0.4) is 0 Å². The highest BCUT2D eigenvalue weighted by molar-refractivity contribution is 6.08. The Labute approximate surface area is 66.3 Å². The smallest absolute Gasteiger partial charge is 0.154 e. The lowest BCUT2D eigenvalue weighted by Gasteiger charge is -2.11. The van der Waals surface area contributed by atoms with Crippen molar-refractivity contribution < 1.29 is 9.47 Å². The Morgan fingerprint density at radius 3 is 2.60 bits per heavy atom. The Kier molecular flexibility index (Phi) is 7.35. The summed E-state index contributed by atoms with van der Waals surface area (Å²) in [5.41, 5.74) is 0. The van der Waals surface area contributed by atoms with Gasteiger partial charge in [0.05, 0.1) is 0 Å². The number of ether oxygens (including phenoxy) is 2. The maximum absolute atomic E-state index is 5.27. The zero-order chi connectivity index (χ0) is 7.82. The molecule has 0 saturated carbocycles. The van der Waals surface area contributed by atoms with Gasteiger partial charge in [0.25, 0.3) is 0 Å². The molecule has 1 atom stereocenters. The molecule has 0 heterocycles. The Balaban J connectivity index is 2.97. The van der Waals surface area contributed by atoms with Crippen molar-refractivity contribution in [2.24, 2.45) is 0 Å². The highest BCUT2D eigenvalue weighted by Gasteiger charge is 1.97. The first-order valence-corrected chi connectivity index (χ1v) is 4.39. The van der Waals surface area contributed by atoms with Crippen LogP contribution in [0.25, 0.3) is 0 Å². The summed E-state index contributed by atoms with van der Waals surface area (Å²) < 4.78 is 10.4. The van der Waals surface area contributed by atoms with Crippen molar-refractivity contribution in [2.45, 2.75) is 32.6 Å². The molecule has 0 aromatic rings. The van der Waals surface area contributed by atoms with Gasteiger partial charge in [-0.3, -0.25) is 0 Å². The highest BCUT2D eigenvalue weighted by Crippen LogP contribution is 1.95.